The highest BCUT2D eigenvalue weighted by atomic mass is 15.5. The Balaban J connectivity index is 1.62. The van der Waals surface area contributed by atoms with E-state index in [1.165, 1.54) is 101 Å². The summed E-state index contributed by atoms with van der Waals surface area (Å²) in [4.78, 5) is 10.3. The van der Waals surface area contributed by atoms with Crippen LogP contribution >= 0.6 is 0 Å². The van der Waals surface area contributed by atoms with Crippen molar-refractivity contribution in [3.8, 4) is 0 Å². The van der Waals surface area contributed by atoms with Crippen molar-refractivity contribution in [1.29, 1.82) is 0 Å². The number of hydrogen-bond donors (Lipinski definition) is 0. The second-order valence-electron chi connectivity index (χ2n) is 18.6. The minimum Gasteiger partial charge on any atom is -0.291 e. The fourth-order valence-electron chi connectivity index (χ4n) is 9.21. The van der Waals surface area contributed by atoms with Crippen LogP contribution in [-0.4, -0.2) is 0 Å². The van der Waals surface area contributed by atoms with Crippen LogP contribution in [-0.2, 0) is 0 Å². The van der Waals surface area contributed by atoms with Gasteiger partial charge in [0.15, 0.2) is 11.6 Å². The van der Waals surface area contributed by atoms with Gasteiger partial charge in [0.2, 0.25) is 0 Å². The van der Waals surface area contributed by atoms with Gasteiger partial charge >= 0.3 is 0 Å². The maximum Gasteiger partial charge on any atom is 0.166 e. The van der Waals surface area contributed by atoms with Crippen LogP contribution in [0.5, 0.6) is 0 Å². The number of rotatable bonds is 6. The number of benzene rings is 6. The molecule has 308 valence electrons. The van der Waals surface area contributed by atoms with Crippen molar-refractivity contribution in [2.75, 3.05) is 19.6 Å². The minimum atomic E-state index is 0.364. The molecule has 2 heterocycles. The number of anilines is 8. The van der Waals surface area contributed by atoms with Crippen molar-refractivity contribution in [3.63, 3.8) is 0 Å². The summed E-state index contributed by atoms with van der Waals surface area (Å²) in [6.45, 7) is 36.3. The molecule has 0 radical (unpaired) electrons. The molecule has 8 rings (SSSR count). The predicted molar refractivity (Wildman–Crippen MR) is 259 cm³/mol. The lowest BCUT2D eigenvalue weighted by Gasteiger charge is -2.35. The van der Waals surface area contributed by atoms with Crippen LogP contribution in [0.2, 0.25) is 0 Å². The van der Waals surface area contributed by atoms with Crippen molar-refractivity contribution < 1.29 is 0 Å². The minimum absolute atomic E-state index is 0.364. The number of aryl methyl sites for hydroxylation is 8. The monoisotopic (exact) mass is 793 g/mol. The first kappa shape index (κ1) is 41.0. The van der Waals surface area contributed by atoms with Crippen molar-refractivity contribution in [3.05, 3.63) is 174 Å². The van der Waals surface area contributed by atoms with Crippen LogP contribution in [0, 0.1) is 83.1 Å². The van der Waals surface area contributed by atoms with E-state index < -0.39 is 0 Å². The second kappa shape index (κ2) is 15.1. The molecule has 0 fully saturated rings. The molecule has 4 heteroatoms. The molecule has 2 aliphatic heterocycles. The Labute approximate surface area is 360 Å². The molecule has 0 N–H and O–H groups in total. The highest BCUT2D eigenvalue weighted by Crippen LogP contribution is 2.58. The third-order valence-electron chi connectivity index (χ3n) is 14.0. The molecule has 0 saturated carbocycles. The zero-order valence-corrected chi connectivity index (χ0v) is 39.0. The summed E-state index contributed by atoms with van der Waals surface area (Å²) in [6, 6.07) is 33.5. The summed E-state index contributed by atoms with van der Waals surface area (Å²) in [6.07, 6.45) is 0. The van der Waals surface area contributed by atoms with E-state index in [1.54, 1.807) is 0 Å². The van der Waals surface area contributed by atoms with Crippen LogP contribution in [0.3, 0.4) is 0 Å². The lowest BCUT2D eigenvalue weighted by Crippen LogP contribution is -2.33. The maximum atomic E-state index is 2.58. The molecule has 0 atom stereocenters. The van der Waals surface area contributed by atoms with Crippen LogP contribution < -0.4 is 19.6 Å². The Bertz CT molecular complexity index is 2480. The SMILES string of the molecule is Cc1cc(N2/C(=C3/N(c4cc(C)c(C)c(C)c4)c4ccc(C(C)C)cc4N3c3cc(C)c(C)c(C)c3)N(c3cc(C)c(C)c(C)c3)c3cc(C(C)C)ccc32)cc(C)c1C. The largest absolute Gasteiger partial charge is 0.291 e. The van der Waals surface area contributed by atoms with Crippen molar-refractivity contribution in [2.24, 2.45) is 0 Å². The van der Waals surface area contributed by atoms with Crippen LogP contribution in [0.25, 0.3) is 0 Å². The summed E-state index contributed by atoms with van der Waals surface area (Å²) in [5.41, 5.74) is 27.6. The fourth-order valence-corrected chi connectivity index (χ4v) is 9.21. The van der Waals surface area contributed by atoms with E-state index in [9.17, 15) is 0 Å². The molecule has 6 aromatic carbocycles. The van der Waals surface area contributed by atoms with Gasteiger partial charge in [0, 0.05) is 22.7 Å². The molecule has 0 bridgehead atoms. The van der Waals surface area contributed by atoms with E-state index in [-0.39, 0.29) is 0 Å². The average Bonchev–Trinajstić information content (AvgIpc) is 3.71. The average molecular weight is 793 g/mol. The Morgan fingerprint density at radius 3 is 0.717 bits per heavy atom. The van der Waals surface area contributed by atoms with E-state index >= 15 is 0 Å². The first-order chi connectivity index (χ1) is 28.4. The van der Waals surface area contributed by atoms with Crippen molar-refractivity contribution >= 4 is 45.5 Å². The molecule has 2 aliphatic rings. The first-order valence-corrected chi connectivity index (χ1v) is 21.9. The topological polar surface area (TPSA) is 13.0 Å². The van der Waals surface area contributed by atoms with Crippen LogP contribution in [0.1, 0.15) is 117 Å². The quantitative estimate of drug-likeness (QED) is 0.167. The lowest BCUT2D eigenvalue weighted by molar-refractivity contribution is 0.866. The molecule has 0 amide bonds. The third kappa shape index (κ3) is 6.60. The highest BCUT2D eigenvalue weighted by molar-refractivity contribution is 6.01. The van der Waals surface area contributed by atoms with Gasteiger partial charge in [0.25, 0.3) is 0 Å². The van der Waals surface area contributed by atoms with Gasteiger partial charge < -0.3 is 0 Å². The predicted octanol–water partition coefficient (Wildman–Crippen LogP) is 16.0. The van der Waals surface area contributed by atoms with Gasteiger partial charge in [-0.1, -0.05) is 39.8 Å². The Morgan fingerprint density at radius 1 is 0.283 bits per heavy atom. The zero-order valence-electron chi connectivity index (χ0n) is 39.0. The Kier molecular flexibility index (Phi) is 10.3. The summed E-state index contributed by atoms with van der Waals surface area (Å²) in [5.74, 6) is 2.93. The molecule has 0 unspecified atom stereocenters. The van der Waals surface area contributed by atoms with E-state index in [1.807, 2.05) is 0 Å². The number of nitrogens with zero attached hydrogens (tertiary/aromatic N) is 4. The van der Waals surface area contributed by atoms with Gasteiger partial charge in [-0.25, -0.2) is 0 Å². The van der Waals surface area contributed by atoms with E-state index in [0.29, 0.717) is 11.8 Å². The summed E-state index contributed by atoms with van der Waals surface area (Å²) in [5, 5.41) is 0. The fraction of sp³-hybridized carbons (Fsp3) is 0.321. The van der Waals surface area contributed by atoms with E-state index in [4.69, 9.17) is 0 Å². The summed E-state index contributed by atoms with van der Waals surface area (Å²) in [7, 11) is 0. The molecule has 0 spiro atoms. The van der Waals surface area contributed by atoms with Gasteiger partial charge in [-0.3, -0.25) is 19.6 Å². The smallest absolute Gasteiger partial charge is 0.166 e. The third-order valence-corrected chi connectivity index (χ3v) is 14.0. The van der Waals surface area contributed by atoms with E-state index in [0.717, 1.165) is 34.4 Å². The van der Waals surface area contributed by atoms with Gasteiger partial charge in [0.05, 0.1) is 22.7 Å². The molecule has 0 aliphatic carbocycles. The molecule has 0 saturated heterocycles. The standard InChI is InChI=1S/C56H64N4/c1-31(2)45-17-19-51-53(29-45)59(49-25-37(9)43(15)38(10)26-49)55(57(51)47-21-33(5)41(13)34(6)22-47)56-58(48-23-35(7)42(14)36(8)24-48)52-20-18-46(32(3)4)30-54(52)60(56)50-27-39(11)44(16)40(12)28-50/h17-32H,1-16H3/b56-55+. The number of fused-ring (bicyclic) bond motifs is 2. The Morgan fingerprint density at radius 2 is 0.500 bits per heavy atom. The maximum absolute atomic E-state index is 2.58. The van der Waals surface area contributed by atoms with Gasteiger partial charge in [0.1, 0.15) is 0 Å². The van der Waals surface area contributed by atoms with Crippen molar-refractivity contribution in [2.45, 2.75) is 123 Å². The first-order valence-electron chi connectivity index (χ1n) is 21.9. The summed E-state index contributed by atoms with van der Waals surface area (Å²) >= 11 is 0. The van der Waals surface area contributed by atoms with Gasteiger partial charge in [-0.15, -0.1) is 0 Å². The molecular weight excluding hydrogens is 729 g/mol. The Hall–Kier alpha value is -5.74. The van der Waals surface area contributed by atoms with Crippen LogP contribution in [0.15, 0.2) is 96.6 Å². The van der Waals surface area contributed by atoms with E-state index in [2.05, 4.69) is 215 Å². The normalized spacial score (nSPS) is 15.0. The molecular formula is C56H64N4. The van der Waals surface area contributed by atoms with Gasteiger partial charge in [-0.2, -0.15) is 0 Å². The molecule has 6 aromatic rings. The van der Waals surface area contributed by atoms with Crippen molar-refractivity contribution in [1.82, 2.24) is 0 Å². The zero-order chi connectivity index (χ0) is 43.2. The molecule has 4 nitrogen and oxygen atoms in total. The highest BCUT2D eigenvalue weighted by Gasteiger charge is 2.45. The number of hydrogen-bond acceptors (Lipinski definition) is 4. The lowest BCUT2D eigenvalue weighted by atomic mass is 10.0. The molecule has 0 aromatic heterocycles. The van der Waals surface area contributed by atoms with Gasteiger partial charge in [-0.05, 0) is 246 Å². The second-order valence-corrected chi connectivity index (χ2v) is 18.6. The van der Waals surface area contributed by atoms with Crippen LogP contribution in [0.4, 0.5) is 45.5 Å². The summed E-state index contributed by atoms with van der Waals surface area (Å²) < 4.78 is 0. The molecule has 60 heavy (non-hydrogen) atoms.